The van der Waals surface area contributed by atoms with Crippen molar-refractivity contribution in [2.45, 2.75) is 12.5 Å². The minimum Gasteiger partial charge on any atom is -0.396 e. The molecule has 86 valence electrons. The van der Waals surface area contributed by atoms with Crippen molar-refractivity contribution in [3.63, 3.8) is 0 Å². The van der Waals surface area contributed by atoms with Crippen LogP contribution in [-0.4, -0.2) is 21.5 Å². The Morgan fingerprint density at radius 3 is 3.00 bits per heavy atom. The van der Waals surface area contributed by atoms with Crippen LogP contribution in [0.15, 0.2) is 18.2 Å². The molecule has 2 rings (SSSR count). The molecule has 0 spiro atoms. The topological polar surface area (TPSA) is 64.1 Å². The van der Waals surface area contributed by atoms with Crippen LogP contribution in [0.25, 0.3) is 10.9 Å². The summed E-state index contributed by atoms with van der Waals surface area (Å²) in [6, 6.07) is 5.59. The fourth-order valence-electron chi connectivity index (χ4n) is 1.89. The fourth-order valence-corrected chi connectivity index (χ4v) is 2.21. The molecule has 16 heavy (non-hydrogen) atoms. The lowest BCUT2D eigenvalue weighted by molar-refractivity contribution is 0.277. The van der Waals surface area contributed by atoms with Gasteiger partial charge in [0.2, 0.25) is 0 Å². The smallest absolute Gasteiger partial charge is 0.159 e. The van der Waals surface area contributed by atoms with Crippen molar-refractivity contribution in [3.05, 3.63) is 28.9 Å². The van der Waals surface area contributed by atoms with E-state index < -0.39 is 0 Å². The number of aromatic nitrogens is 2. The highest BCUT2D eigenvalue weighted by atomic mass is 35.5. The van der Waals surface area contributed by atoms with Crippen LogP contribution < -0.4 is 5.73 Å². The van der Waals surface area contributed by atoms with E-state index in [0.29, 0.717) is 11.6 Å². The molecular weight excluding hydrogens is 226 g/mol. The normalized spacial score (nSPS) is 13.2. The summed E-state index contributed by atoms with van der Waals surface area (Å²) in [5, 5.41) is 14.4. The summed E-state index contributed by atoms with van der Waals surface area (Å²) >= 11 is 6.08. The third kappa shape index (κ3) is 1.80. The predicted octanol–water partition coefficient (Wildman–Crippen LogP) is 1.61. The van der Waals surface area contributed by atoms with Crippen molar-refractivity contribution >= 4 is 22.5 Å². The van der Waals surface area contributed by atoms with Gasteiger partial charge in [-0.1, -0.05) is 23.7 Å². The van der Waals surface area contributed by atoms with Gasteiger partial charge in [0.1, 0.15) is 0 Å². The number of halogens is 1. The molecule has 0 saturated heterocycles. The van der Waals surface area contributed by atoms with Gasteiger partial charge >= 0.3 is 0 Å². The average molecular weight is 240 g/mol. The molecule has 1 atom stereocenters. The minimum absolute atomic E-state index is 0.0649. The zero-order valence-corrected chi connectivity index (χ0v) is 9.78. The number of hydrogen-bond donors (Lipinski definition) is 2. The van der Waals surface area contributed by atoms with Gasteiger partial charge in [-0.15, -0.1) is 0 Å². The minimum atomic E-state index is -0.213. The molecule has 0 bridgehead atoms. The maximum atomic E-state index is 8.91. The number of nitrogens with zero attached hydrogens (tertiary/aromatic N) is 2. The highest BCUT2D eigenvalue weighted by Gasteiger charge is 2.15. The lowest BCUT2D eigenvalue weighted by Gasteiger charge is -2.11. The zero-order valence-electron chi connectivity index (χ0n) is 9.02. The Bertz CT molecular complexity index is 509. The van der Waals surface area contributed by atoms with E-state index in [1.165, 1.54) is 0 Å². The Kier molecular flexibility index (Phi) is 3.14. The van der Waals surface area contributed by atoms with E-state index in [-0.39, 0.29) is 12.6 Å². The van der Waals surface area contributed by atoms with Gasteiger partial charge in [0.25, 0.3) is 0 Å². The summed E-state index contributed by atoms with van der Waals surface area (Å²) in [5.74, 6) is 0. The molecular formula is C11H14ClN3O. The maximum Gasteiger partial charge on any atom is 0.159 e. The summed E-state index contributed by atoms with van der Waals surface area (Å²) in [6.45, 7) is 0.0649. The molecule has 1 unspecified atom stereocenters. The van der Waals surface area contributed by atoms with Crippen molar-refractivity contribution in [2.75, 3.05) is 6.61 Å². The highest BCUT2D eigenvalue weighted by molar-refractivity contribution is 6.34. The Labute approximate surface area is 98.6 Å². The SMILES string of the molecule is Cn1nc(Cl)c2c(C(N)CCO)cccc21. The lowest BCUT2D eigenvalue weighted by Crippen LogP contribution is -2.12. The molecule has 0 aliphatic rings. The number of aliphatic hydroxyl groups excluding tert-OH is 1. The van der Waals surface area contributed by atoms with Crippen LogP contribution in [0.5, 0.6) is 0 Å². The number of aliphatic hydroxyl groups is 1. The van der Waals surface area contributed by atoms with E-state index >= 15 is 0 Å². The zero-order chi connectivity index (χ0) is 11.7. The van der Waals surface area contributed by atoms with E-state index in [2.05, 4.69) is 5.10 Å². The molecule has 5 heteroatoms. The molecule has 3 N–H and O–H groups in total. The molecule has 0 amide bonds. The van der Waals surface area contributed by atoms with Crippen LogP contribution >= 0.6 is 11.6 Å². The quantitative estimate of drug-likeness (QED) is 0.855. The standard InChI is InChI=1S/C11H14ClN3O/c1-15-9-4-2-3-7(8(13)5-6-16)10(9)11(12)14-15/h2-4,8,16H,5-6,13H2,1H3. The fraction of sp³-hybridized carbons (Fsp3) is 0.364. The molecule has 4 nitrogen and oxygen atoms in total. The maximum absolute atomic E-state index is 8.91. The van der Waals surface area contributed by atoms with Crippen molar-refractivity contribution in [1.29, 1.82) is 0 Å². The van der Waals surface area contributed by atoms with Crippen LogP contribution in [0.4, 0.5) is 0 Å². The third-order valence-corrected chi connectivity index (χ3v) is 2.97. The first kappa shape index (κ1) is 11.4. The second-order valence-electron chi connectivity index (χ2n) is 3.77. The van der Waals surface area contributed by atoms with Gasteiger partial charge in [-0.05, 0) is 18.1 Å². The first-order valence-corrected chi connectivity index (χ1v) is 5.50. The van der Waals surface area contributed by atoms with Crippen molar-refractivity contribution in [3.8, 4) is 0 Å². The Hall–Kier alpha value is -1.10. The van der Waals surface area contributed by atoms with Gasteiger partial charge in [0.15, 0.2) is 5.15 Å². The molecule has 1 heterocycles. The molecule has 0 saturated carbocycles. The summed E-state index contributed by atoms with van der Waals surface area (Å²) in [4.78, 5) is 0. The molecule has 0 radical (unpaired) electrons. The van der Waals surface area contributed by atoms with Gasteiger partial charge in [-0.3, -0.25) is 4.68 Å². The van der Waals surface area contributed by atoms with Gasteiger partial charge in [0.05, 0.1) is 5.52 Å². The summed E-state index contributed by atoms with van der Waals surface area (Å²) in [6.07, 6.45) is 0.518. The summed E-state index contributed by atoms with van der Waals surface area (Å²) < 4.78 is 1.73. The molecule has 0 aliphatic carbocycles. The number of hydrogen-bond acceptors (Lipinski definition) is 3. The van der Waals surface area contributed by atoms with Gasteiger partial charge in [-0.2, -0.15) is 5.10 Å². The van der Waals surface area contributed by atoms with Crippen LogP contribution in [-0.2, 0) is 7.05 Å². The summed E-state index contributed by atoms with van der Waals surface area (Å²) in [7, 11) is 1.84. The second kappa shape index (κ2) is 4.41. The van der Waals surface area contributed by atoms with Crippen LogP contribution in [0, 0.1) is 0 Å². The lowest BCUT2D eigenvalue weighted by atomic mass is 10.0. The van der Waals surface area contributed by atoms with Gasteiger partial charge < -0.3 is 10.8 Å². The van der Waals surface area contributed by atoms with Crippen molar-refractivity contribution < 1.29 is 5.11 Å². The van der Waals surface area contributed by atoms with Crippen molar-refractivity contribution in [2.24, 2.45) is 12.8 Å². The van der Waals surface area contributed by atoms with Gasteiger partial charge in [0, 0.05) is 25.1 Å². The van der Waals surface area contributed by atoms with E-state index in [1.54, 1.807) is 4.68 Å². The van der Waals surface area contributed by atoms with Crippen molar-refractivity contribution in [1.82, 2.24) is 9.78 Å². The monoisotopic (exact) mass is 239 g/mol. The molecule has 1 aromatic heterocycles. The number of rotatable bonds is 3. The first-order chi connectivity index (χ1) is 7.65. The molecule has 1 aromatic carbocycles. The highest BCUT2D eigenvalue weighted by Crippen LogP contribution is 2.29. The van der Waals surface area contributed by atoms with E-state index in [0.717, 1.165) is 16.5 Å². The molecule has 0 fully saturated rings. The Morgan fingerprint density at radius 2 is 2.31 bits per heavy atom. The molecule has 0 aliphatic heterocycles. The Balaban J connectivity index is 2.61. The van der Waals surface area contributed by atoms with Crippen LogP contribution in [0.2, 0.25) is 5.15 Å². The Morgan fingerprint density at radius 1 is 1.56 bits per heavy atom. The number of aryl methyl sites for hydroxylation is 1. The second-order valence-corrected chi connectivity index (χ2v) is 4.13. The molecule has 2 aromatic rings. The number of benzene rings is 1. The largest absolute Gasteiger partial charge is 0.396 e. The summed E-state index contributed by atoms with van der Waals surface area (Å²) in [5.41, 5.74) is 7.88. The van der Waals surface area contributed by atoms with Crippen LogP contribution in [0.1, 0.15) is 18.0 Å². The third-order valence-electron chi connectivity index (χ3n) is 2.71. The van der Waals surface area contributed by atoms with E-state index in [4.69, 9.17) is 22.4 Å². The van der Waals surface area contributed by atoms with Crippen LogP contribution in [0.3, 0.4) is 0 Å². The van der Waals surface area contributed by atoms with Gasteiger partial charge in [-0.25, -0.2) is 0 Å². The predicted molar refractivity (Wildman–Crippen MR) is 64.4 cm³/mol. The van der Waals surface area contributed by atoms with E-state index in [1.807, 2.05) is 25.2 Å². The average Bonchev–Trinajstić information content (AvgIpc) is 2.55. The number of fused-ring (bicyclic) bond motifs is 1. The van der Waals surface area contributed by atoms with E-state index in [9.17, 15) is 0 Å². The number of nitrogens with two attached hydrogens (primary N) is 1. The first-order valence-electron chi connectivity index (χ1n) is 5.12.